The lowest BCUT2D eigenvalue weighted by Crippen LogP contribution is -2.31. The number of nitrogens with one attached hydrogen (secondary N) is 1. The number of hydrogen-bond acceptors (Lipinski definition) is 4. The molecule has 20 heavy (non-hydrogen) atoms. The van der Waals surface area contributed by atoms with E-state index < -0.39 is 11.9 Å². The van der Waals surface area contributed by atoms with E-state index in [1.165, 1.54) is 7.11 Å². The van der Waals surface area contributed by atoms with Crippen LogP contribution < -0.4 is 10.1 Å². The van der Waals surface area contributed by atoms with Gasteiger partial charge in [-0.05, 0) is 37.0 Å². The molecule has 1 N–H and O–H groups in total. The molecule has 1 fully saturated rings. The van der Waals surface area contributed by atoms with Gasteiger partial charge in [0.2, 0.25) is 0 Å². The van der Waals surface area contributed by atoms with Crippen molar-refractivity contribution in [1.82, 2.24) is 5.32 Å². The van der Waals surface area contributed by atoms with E-state index in [9.17, 15) is 9.59 Å². The number of rotatable bonds is 6. The van der Waals surface area contributed by atoms with Crippen LogP contribution in [0.3, 0.4) is 0 Å². The van der Waals surface area contributed by atoms with E-state index in [0.717, 1.165) is 12.8 Å². The van der Waals surface area contributed by atoms with Gasteiger partial charge in [0.15, 0.2) is 0 Å². The largest absolute Gasteiger partial charge is 0.496 e. The van der Waals surface area contributed by atoms with Crippen molar-refractivity contribution in [3.8, 4) is 5.75 Å². The maximum absolute atomic E-state index is 11.9. The summed E-state index contributed by atoms with van der Waals surface area (Å²) >= 11 is 5.82. The quantitative estimate of drug-likeness (QED) is 0.816. The first kappa shape index (κ1) is 14.7. The lowest BCUT2D eigenvalue weighted by molar-refractivity contribution is -0.142. The van der Waals surface area contributed by atoms with Crippen molar-refractivity contribution in [3.05, 3.63) is 28.8 Å². The number of ether oxygens (including phenoxy) is 2. The van der Waals surface area contributed by atoms with Gasteiger partial charge < -0.3 is 14.8 Å². The van der Waals surface area contributed by atoms with Crippen molar-refractivity contribution in [1.29, 1.82) is 0 Å². The molecule has 1 amide bonds. The van der Waals surface area contributed by atoms with Gasteiger partial charge in [-0.15, -0.1) is 0 Å². The van der Waals surface area contributed by atoms with E-state index in [1.54, 1.807) is 18.2 Å². The van der Waals surface area contributed by atoms with Crippen LogP contribution in [0.15, 0.2) is 18.2 Å². The van der Waals surface area contributed by atoms with Crippen molar-refractivity contribution in [2.24, 2.45) is 5.92 Å². The van der Waals surface area contributed by atoms with Crippen LogP contribution in [0.5, 0.6) is 5.75 Å². The van der Waals surface area contributed by atoms with E-state index in [-0.39, 0.29) is 6.54 Å². The zero-order valence-electron chi connectivity index (χ0n) is 11.1. The number of esters is 1. The SMILES string of the molecule is COc1cc(Cl)ccc1C(=O)NCC(=O)OCC1CC1. The molecule has 0 saturated heterocycles. The zero-order valence-corrected chi connectivity index (χ0v) is 11.9. The normalized spacial score (nSPS) is 13.7. The zero-order chi connectivity index (χ0) is 14.5. The fraction of sp³-hybridized carbons (Fsp3) is 0.429. The van der Waals surface area contributed by atoms with E-state index in [1.807, 2.05) is 0 Å². The second kappa shape index (κ2) is 6.61. The van der Waals surface area contributed by atoms with Crippen molar-refractivity contribution < 1.29 is 19.1 Å². The van der Waals surface area contributed by atoms with Crippen LogP contribution in [-0.2, 0) is 9.53 Å². The maximum Gasteiger partial charge on any atom is 0.325 e. The summed E-state index contributed by atoms with van der Waals surface area (Å²) in [6.07, 6.45) is 2.23. The molecule has 0 radical (unpaired) electrons. The standard InChI is InChI=1S/C14H16ClNO4/c1-19-12-6-10(15)4-5-11(12)14(18)16-7-13(17)20-8-9-2-3-9/h4-6,9H,2-3,7-8H2,1H3,(H,16,18). The Bertz CT molecular complexity index is 514. The maximum atomic E-state index is 11.9. The summed E-state index contributed by atoms with van der Waals surface area (Å²) in [4.78, 5) is 23.4. The Morgan fingerprint density at radius 3 is 2.80 bits per heavy atom. The average molecular weight is 298 g/mol. The number of hydrogen-bond donors (Lipinski definition) is 1. The third kappa shape index (κ3) is 4.13. The number of methoxy groups -OCH3 is 1. The van der Waals surface area contributed by atoms with Crippen LogP contribution in [0, 0.1) is 5.92 Å². The van der Waals surface area contributed by atoms with Gasteiger partial charge >= 0.3 is 5.97 Å². The number of carbonyl (C=O) groups is 2. The van der Waals surface area contributed by atoms with Crippen LogP contribution in [0.25, 0.3) is 0 Å². The Balaban J connectivity index is 1.85. The summed E-state index contributed by atoms with van der Waals surface area (Å²) < 4.78 is 10.1. The molecule has 0 atom stereocenters. The number of carbonyl (C=O) groups excluding carboxylic acids is 2. The summed E-state index contributed by atoms with van der Waals surface area (Å²) in [5, 5.41) is 2.97. The predicted molar refractivity (Wildman–Crippen MR) is 74.0 cm³/mol. The third-order valence-corrected chi connectivity index (χ3v) is 3.21. The van der Waals surface area contributed by atoms with E-state index in [2.05, 4.69) is 5.32 Å². The first-order valence-corrected chi connectivity index (χ1v) is 6.75. The van der Waals surface area contributed by atoms with Gasteiger partial charge in [-0.1, -0.05) is 11.6 Å². The van der Waals surface area contributed by atoms with Crippen molar-refractivity contribution in [2.45, 2.75) is 12.8 Å². The molecule has 0 aromatic heterocycles. The molecule has 0 unspecified atom stereocenters. The fourth-order valence-electron chi connectivity index (χ4n) is 1.65. The Morgan fingerprint density at radius 1 is 1.40 bits per heavy atom. The minimum atomic E-state index is -0.432. The summed E-state index contributed by atoms with van der Waals surface area (Å²) in [6.45, 7) is 0.288. The smallest absolute Gasteiger partial charge is 0.325 e. The van der Waals surface area contributed by atoms with E-state index in [0.29, 0.717) is 28.9 Å². The minimum Gasteiger partial charge on any atom is -0.496 e. The van der Waals surface area contributed by atoms with Crippen LogP contribution in [0.1, 0.15) is 23.2 Å². The molecule has 0 aliphatic heterocycles. The molecule has 1 aliphatic rings. The van der Waals surface area contributed by atoms with E-state index >= 15 is 0 Å². The Morgan fingerprint density at radius 2 is 2.15 bits per heavy atom. The summed E-state index contributed by atoms with van der Waals surface area (Å²) in [7, 11) is 1.45. The van der Waals surface area contributed by atoms with Crippen molar-refractivity contribution >= 4 is 23.5 Å². The molecule has 1 saturated carbocycles. The molecule has 108 valence electrons. The van der Waals surface area contributed by atoms with Gasteiger partial charge in [-0.25, -0.2) is 0 Å². The molecule has 1 aromatic carbocycles. The van der Waals surface area contributed by atoms with Crippen molar-refractivity contribution in [2.75, 3.05) is 20.3 Å². The minimum absolute atomic E-state index is 0.155. The third-order valence-electron chi connectivity index (χ3n) is 2.98. The van der Waals surface area contributed by atoms with Gasteiger partial charge in [0.1, 0.15) is 12.3 Å². The molecular formula is C14H16ClNO4. The summed E-state index contributed by atoms with van der Waals surface area (Å²) in [6, 6.07) is 4.68. The van der Waals surface area contributed by atoms with Gasteiger partial charge in [-0.3, -0.25) is 9.59 Å². The molecule has 6 heteroatoms. The molecule has 5 nitrogen and oxygen atoms in total. The van der Waals surface area contributed by atoms with Gasteiger partial charge in [0.25, 0.3) is 5.91 Å². The lowest BCUT2D eigenvalue weighted by Gasteiger charge is -2.09. The second-order valence-corrected chi connectivity index (χ2v) is 5.09. The Kier molecular flexibility index (Phi) is 4.84. The first-order valence-electron chi connectivity index (χ1n) is 6.37. The van der Waals surface area contributed by atoms with Gasteiger partial charge in [0.05, 0.1) is 19.3 Å². The first-order chi connectivity index (χ1) is 9.60. The number of amides is 1. The van der Waals surface area contributed by atoms with Crippen LogP contribution >= 0.6 is 11.6 Å². The van der Waals surface area contributed by atoms with Crippen molar-refractivity contribution in [3.63, 3.8) is 0 Å². The van der Waals surface area contributed by atoms with E-state index in [4.69, 9.17) is 21.1 Å². The molecule has 0 heterocycles. The predicted octanol–water partition coefficient (Wildman–Crippen LogP) is 2.03. The lowest BCUT2D eigenvalue weighted by atomic mass is 10.2. The molecule has 0 bridgehead atoms. The van der Waals surface area contributed by atoms with Crippen LogP contribution in [0.2, 0.25) is 5.02 Å². The number of halogens is 1. The van der Waals surface area contributed by atoms with Gasteiger partial charge in [-0.2, -0.15) is 0 Å². The number of benzene rings is 1. The van der Waals surface area contributed by atoms with Crippen LogP contribution in [-0.4, -0.2) is 32.1 Å². The average Bonchev–Trinajstić information content (AvgIpc) is 3.26. The summed E-state index contributed by atoms with van der Waals surface area (Å²) in [5.74, 6) is 0.0347. The fourth-order valence-corrected chi connectivity index (χ4v) is 1.81. The molecule has 2 rings (SSSR count). The molecule has 1 aromatic rings. The highest BCUT2D eigenvalue weighted by atomic mass is 35.5. The highest BCUT2D eigenvalue weighted by Gasteiger charge is 2.23. The highest BCUT2D eigenvalue weighted by molar-refractivity contribution is 6.30. The molecule has 1 aliphatic carbocycles. The monoisotopic (exact) mass is 297 g/mol. The molecule has 0 spiro atoms. The Labute approximate surface area is 122 Å². The molecular weight excluding hydrogens is 282 g/mol. The van der Waals surface area contributed by atoms with Crippen LogP contribution in [0.4, 0.5) is 0 Å². The Hall–Kier alpha value is -1.75. The second-order valence-electron chi connectivity index (χ2n) is 4.65. The highest BCUT2D eigenvalue weighted by Crippen LogP contribution is 2.28. The van der Waals surface area contributed by atoms with Gasteiger partial charge in [0, 0.05) is 5.02 Å². The summed E-state index contributed by atoms with van der Waals surface area (Å²) in [5.41, 5.74) is 0.326. The topological polar surface area (TPSA) is 64.6 Å².